The molecular formula is C27H24N6O. The highest BCUT2D eigenvalue weighted by Crippen LogP contribution is 2.26. The Bertz CT molecular complexity index is 1510. The Morgan fingerprint density at radius 3 is 2.59 bits per heavy atom. The van der Waals surface area contributed by atoms with Crippen LogP contribution in [0.4, 0.5) is 0 Å². The average molecular weight is 449 g/mol. The molecule has 0 unspecified atom stereocenters. The van der Waals surface area contributed by atoms with E-state index in [1.807, 2.05) is 6.07 Å². The highest BCUT2D eigenvalue weighted by atomic mass is 16.1. The molecule has 1 aliphatic heterocycles. The Morgan fingerprint density at radius 1 is 0.941 bits per heavy atom. The van der Waals surface area contributed by atoms with Crippen LogP contribution in [0, 0.1) is 0 Å². The zero-order valence-electron chi connectivity index (χ0n) is 18.7. The fourth-order valence-corrected chi connectivity index (χ4v) is 4.77. The second-order valence-corrected chi connectivity index (χ2v) is 8.71. The molecule has 34 heavy (non-hydrogen) atoms. The van der Waals surface area contributed by atoms with Crippen molar-refractivity contribution in [2.75, 3.05) is 6.54 Å². The molecule has 0 radical (unpaired) electrons. The lowest BCUT2D eigenvalue weighted by Crippen LogP contribution is -2.35. The van der Waals surface area contributed by atoms with Gasteiger partial charge in [-0.05, 0) is 17.2 Å². The number of nitrogens with zero attached hydrogens (tertiary/aromatic N) is 5. The van der Waals surface area contributed by atoms with E-state index in [4.69, 9.17) is 4.98 Å². The van der Waals surface area contributed by atoms with Crippen molar-refractivity contribution in [3.63, 3.8) is 0 Å². The molecule has 2 aromatic carbocycles. The molecule has 4 heterocycles. The van der Waals surface area contributed by atoms with E-state index in [-0.39, 0.29) is 5.56 Å². The van der Waals surface area contributed by atoms with Crippen molar-refractivity contribution in [1.82, 2.24) is 29.4 Å². The van der Waals surface area contributed by atoms with E-state index in [0.717, 1.165) is 42.9 Å². The molecule has 0 fully saturated rings. The molecule has 7 heteroatoms. The highest BCUT2D eigenvalue weighted by Gasteiger charge is 2.23. The summed E-state index contributed by atoms with van der Waals surface area (Å²) in [5, 5.41) is 1.26. The van der Waals surface area contributed by atoms with E-state index in [9.17, 15) is 4.79 Å². The van der Waals surface area contributed by atoms with Crippen molar-refractivity contribution in [3.8, 4) is 11.4 Å². The normalized spacial score (nSPS) is 13.8. The van der Waals surface area contributed by atoms with Crippen LogP contribution in [0.2, 0.25) is 0 Å². The monoisotopic (exact) mass is 448 g/mol. The van der Waals surface area contributed by atoms with Gasteiger partial charge in [0.1, 0.15) is 12.2 Å². The minimum Gasteiger partial charge on any atom is -0.343 e. The van der Waals surface area contributed by atoms with Crippen LogP contribution in [0.25, 0.3) is 22.3 Å². The number of rotatable bonds is 5. The molecule has 6 rings (SSSR count). The summed E-state index contributed by atoms with van der Waals surface area (Å²) in [4.78, 5) is 30.9. The van der Waals surface area contributed by atoms with Crippen molar-refractivity contribution in [2.45, 2.75) is 26.1 Å². The molecule has 3 aromatic heterocycles. The third-order valence-corrected chi connectivity index (χ3v) is 6.44. The number of aromatic nitrogens is 5. The van der Waals surface area contributed by atoms with Crippen LogP contribution in [0.1, 0.15) is 22.4 Å². The Labute approximate surface area is 196 Å². The first-order chi connectivity index (χ1) is 16.7. The van der Waals surface area contributed by atoms with E-state index < -0.39 is 0 Å². The first-order valence-corrected chi connectivity index (χ1v) is 11.4. The standard InChI is InChI=1S/C27H24N6O/c34-27-23-17-32(11-10-24(23)30-26(31-27)20-12-28-18-29-13-20)15-21-16-33(14-19-6-2-1-3-7-19)25-9-5-4-8-22(21)25/h1-9,12-13,16,18H,10-11,14-15,17H2,(H,30,31,34). The molecule has 5 aromatic rings. The maximum atomic E-state index is 12.9. The van der Waals surface area contributed by atoms with Gasteiger partial charge in [-0.2, -0.15) is 0 Å². The number of aromatic amines is 1. The molecule has 0 saturated heterocycles. The Kier molecular flexibility index (Phi) is 5.24. The Morgan fingerprint density at radius 2 is 1.74 bits per heavy atom. The maximum absolute atomic E-state index is 12.9. The van der Waals surface area contributed by atoms with Crippen LogP contribution in [0.5, 0.6) is 0 Å². The predicted octanol–water partition coefficient (Wildman–Crippen LogP) is 3.79. The van der Waals surface area contributed by atoms with Crippen molar-refractivity contribution >= 4 is 10.9 Å². The largest absolute Gasteiger partial charge is 0.343 e. The molecule has 0 atom stereocenters. The quantitative estimate of drug-likeness (QED) is 0.443. The lowest BCUT2D eigenvalue weighted by molar-refractivity contribution is 0.242. The number of fused-ring (bicyclic) bond motifs is 2. The molecule has 0 saturated carbocycles. The van der Waals surface area contributed by atoms with Gasteiger partial charge in [0.15, 0.2) is 0 Å². The number of benzene rings is 2. The first kappa shape index (κ1) is 20.5. The summed E-state index contributed by atoms with van der Waals surface area (Å²) in [5.74, 6) is 0.529. The molecule has 0 bridgehead atoms. The number of hydrogen-bond acceptors (Lipinski definition) is 5. The Hall–Kier alpha value is -4.10. The van der Waals surface area contributed by atoms with Crippen LogP contribution in [0.3, 0.4) is 0 Å². The van der Waals surface area contributed by atoms with Gasteiger partial charge in [0.25, 0.3) is 5.56 Å². The van der Waals surface area contributed by atoms with Crippen molar-refractivity contribution in [3.05, 3.63) is 112 Å². The minimum absolute atomic E-state index is 0.0833. The van der Waals surface area contributed by atoms with Crippen LogP contribution in [0.15, 0.2) is 84.3 Å². The van der Waals surface area contributed by atoms with Gasteiger partial charge >= 0.3 is 0 Å². The van der Waals surface area contributed by atoms with Gasteiger partial charge in [-0.1, -0.05) is 48.5 Å². The van der Waals surface area contributed by atoms with Gasteiger partial charge in [0.05, 0.1) is 16.8 Å². The fraction of sp³-hybridized carbons (Fsp3) is 0.185. The first-order valence-electron chi connectivity index (χ1n) is 11.4. The summed E-state index contributed by atoms with van der Waals surface area (Å²) in [6.45, 7) is 3.06. The number of nitrogens with one attached hydrogen (secondary N) is 1. The third-order valence-electron chi connectivity index (χ3n) is 6.44. The highest BCUT2D eigenvalue weighted by molar-refractivity contribution is 5.84. The van der Waals surface area contributed by atoms with Gasteiger partial charge in [-0.25, -0.2) is 15.0 Å². The predicted molar refractivity (Wildman–Crippen MR) is 131 cm³/mol. The van der Waals surface area contributed by atoms with Crippen molar-refractivity contribution in [1.29, 1.82) is 0 Å². The summed E-state index contributed by atoms with van der Waals surface area (Å²) < 4.78 is 2.32. The summed E-state index contributed by atoms with van der Waals surface area (Å²) in [6.07, 6.45) is 7.79. The van der Waals surface area contributed by atoms with Crippen LogP contribution >= 0.6 is 0 Å². The molecule has 0 amide bonds. The Balaban J connectivity index is 1.27. The minimum atomic E-state index is -0.0833. The summed E-state index contributed by atoms with van der Waals surface area (Å²) >= 11 is 0. The van der Waals surface area contributed by atoms with E-state index >= 15 is 0 Å². The molecular weight excluding hydrogens is 424 g/mol. The smallest absolute Gasteiger partial charge is 0.255 e. The van der Waals surface area contributed by atoms with Gasteiger partial charge in [0, 0.05) is 62.1 Å². The number of H-pyrrole nitrogens is 1. The summed E-state index contributed by atoms with van der Waals surface area (Å²) in [6, 6.07) is 19.1. The second-order valence-electron chi connectivity index (χ2n) is 8.71. The number of hydrogen-bond donors (Lipinski definition) is 1. The molecule has 168 valence electrons. The topological polar surface area (TPSA) is 79.7 Å². The van der Waals surface area contributed by atoms with E-state index in [1.165, 1.54) is 28.4 Å². The van der Waals surface area contributed by atoms with E-state index in [2.05, 4.69) is 79.1 Å². The zero-order valence-corrected chi connectivity index (χ0v) is 18.7. The lowest BCUT2D eigenvalue weighted by atomic mass is 10.1. The van der Waals surface area contributed by atoms with Crippen molar-refractivity contribution in [2.24, 2.45) is 0 Å². The number of para-hydroxylation sites is 1. The molecule has 7 nitrogen and oxygen atoms in total. The van der Waals surface area contributed by atoms with Crippen LogP contribution in [-0.4, -0.2) is 35.9 Å². The van der Waals surface area contributed by atoms with E-state index in [0.29, 0.717) is 12.4 Å². The summed E-state index contributed by atoms with van der Waals surface area (Å²) in [7, 11) is 0. The zero-order chi connectivity index (χ0) is 22.9. The molecule has 0 aliphatic carbocycles. The maximum Gasteiger partial charge on any atom is 0.255 e. The van der Waals surface area contributed by atoms with Crippen LogP contribution in [-0.2, 0) is 26.1 Å². The molecule has 1 N–H and O–H groups in total. The van der Waals surface area contributed by atoms with Crippen molar-refractivity contribution < 1.29 is 0 Å². The van der Waals surface area contributed by atoms with Gasteiger partial charge < -0.3 is 9.55 Å². The average Bonchev–Trinajstić information content (AvgIpc) is 3.22. The van der Waals surface area contributed by atoms with Crippen LogP contribution < -0.4 is 5.56 Å². The molecule has 1 aliphatic rings. The SMILES string of the molecule is O=c1[nH]c(-c2cncnc2)nc2c1CN(Cc1cn(Cc3ccccc3)c3ccccc13)CC2. The lowest BCUT2D eigenvalue weighted by Gasteiger charge is -2.27. The third kappa shape index (κ3) is 3.91. The van der Waals surface area contributed by atoms with Gasteiger partial charge in [0.2, 0.25) is 0 Å². The molecule has 0 spiro atoms. The van der Waals surface area contributed by atoms with Gasteiger partial charge in [-0.15, -0.1) is 0 Å². The fourth-order valence-electron chi connectivity index (χ4n) is 4.77. The van der Waals surface area contributed by atoms with E-state index in [1.54, 1.807) is 12.4 Å². The summed E-state index contributed by atoms with van der Waals surface area (Å²) in [5.41, 5.74) is 6.03. The second kappa shape index (κ2) is 8.68. The van der Waals surface area contributed by atoms with Gasteiger partial charge in [-0.3, -0.25) is 9.69 Å².